The van der Waals surface area contributed by atoms with Crippen molar-refractivity contribution in [3.05, 3.63) is 0 Å². The Kier molecular flexibility index (Phi) is 70.0. The Morgan fingerprint density at radius 1 is 0.633 bits per heavy atom. The molecule has 306 valence electrons. The van der Waals surface area contributed by atoms with E-state index in [0.29, 0.717) is 6.42 Å². The van der Waals surface area contributed by atoms with Gasteiger partial charge in [-0.05, 0) is 81.7 Å². The third-order valence-electron chi connectivity index (χ3n) is 7.84. The summed E-state index contributed by atoms with van der Waals surface area (Å²) in [6.45, 7) is 15.9. The van der Waals surface area contributed by atoms with Crippen molar-refractivity contribution in [3.63, 3.8) is 0 Å². The first-order chi connectivity index (χ1) is 20.1. The minimum atomic E-state index is -1.52. The molecule has 0 amide bonds. The molecular formula is C36H91NO9Si3. The van der Waals surface area contributed by atoms with Crippen LogP contribution < -0.4 is 5.73 Å². The Morgan fingerprint density at radius 2 is 0.939 bits per heavy atom. The van der Waals surface area contributed by atoms with Gasteiger partial charge in [-0.3, -0.25) is 9.59 Å². The number of unbranched alkanes of at least 4 members (excludes halogenated alkanes) is 1. The number of rotatable bonds is 22. The quantitative estimate of drug-likeness (QED) is 0.0714. The van der Waals surface area contributed by atoms with E-state index in [1.54, 1.807) is 21.1 Å². The molecule has 10 nitrogen and oxygen atoms in total. The maximum atomic E-state index is 10.6. The van der Waals surface area contributed by atoms with Crippen LogP contribution in [0, 0.1) is 5.92 Å². The summed E-state index contributed by atoms with van der Waals surface area (Å²) >= 11 is 0. The average Bonchev–Trinajstić information content (AvgIpc) is 2.95. The minimum absolute atomic E-state index is 0. The van der Waals surface area contributed by atoms with Crippen LogP contribution in [-0.2, 0) is 32.5 Å². The zero-order valence-electron chi connectivity index (χ0n) is 29.2. The van der Waals surface area contributed by atoms with Crippen LogP contribution in [0.1, 0.15) is 130 Å². The number of carboxylic acid groups (broad SMARTS) is 2. The van der Waals surface area contributed by atoms with E-state index < -0.39 is 36.9 Å². The van der Waals surface area contributed by atoms with Crippen molar-refractivity contribution in [1.82, 2.24) is 0 Å². The zero-order valence-corrected chi connectivity index (χ0v) is 32.2. The lowest BCUT2D eigenvalue weighted by Gasteiger charge is -2.25. The lowest BCUT2D eigenvalue weighted by Crippen LogP contribution is -2.33. The van der Waals surface area contributed by atoms with E-state index in [2.05, 4.69) is 40.4 Å². The van der Waals surface area contributed by atoms with Crippen LogP contribution in [0.15, 0.2) is 0 Å². The molecule has 0 heterocycles. The monoisotopic (exact) mass is 766 g/mol. The second kappa shape index (κ2) is 46.8. The Labute approximate surface area is 310 Å². The van der Waals surface area contributed by atoms with Crippen LogP contribution in [0.2, 0.25) is 55.9 Å². The first kappa shape index (κ1) is 73.3. The summed E-state index contributed by atoms with van der Waals surface area (Å²) in [6, 6.07) is 7.00. The molecule has 49 heavy (non-hydrogen) atoms. The Bertz CT molecular complexity index is 717. The predicted molar refractivity (Wildman–Crippen MR) is 222 cm³/mol. The Morgan fingerprint density at radius 3 is 1.18 bits per heavy atom. The summed E-state index contributed by atoms with van der Waals surface area (Å²) in [5.41, 5.74) is 5.45. The molecule has 4 N–H and O–H groups in total. The molecule has 0 fully saturated rings. The number of carboxylic acids is 2. The highest BCUT2D eigenvalue weighted by Gasteiger charge is 2.27. The number of hydrogen-bond donors (Lipinski definition) is 3. The van der Waals surface area contributed by atoms with Gasteiger partial charge in [0.15, 0.2) is 25.0 Å². The molecule has 0 spiro atoms. The topological polar surface area (TPSA) is 162 Å². The lowest BCUT2D eigenvalue weighted by molar-refractivity contribution is -0.191. The maximum absolute atomic E-state index is 10.6. The fourth-order valence-corrected chi connectivity index (χ4v) is 12.8. The highest BCUT2D eigenvalue weighted by Crippen LogP contribution is 2.23. The van der Waals surface area contributed by atoms with Crippen LogP contribution in [0.3, 0.4) is 0 Å². The second-order valence-corrected chi connectivity index (χ2v) is 24.8. The lowest BCUT2D eigenvalue weighted by atomic mass is 10.1. The molecular weight excluding hydrogens is 675 g/mol. The summed E-state index contributed by atoms with van der Waals surface area (Å²) in [5, 5.41) is 17.2. The summed E-state index contributed by atoms with van der Waals surface area (Å²) < 4.78 is 16.8. The van der Waals surface area contributed by atoms with Crippen molar-refractivity contribution < 1.29 is 42.7 Å². The Hall–Kier alpha value is -1.19. The summed E-state index contributed by atoms with van der Waals surface area (Å²) in [4.78, 5) is 37.2. The van der Waals surface area contributed by atoms with E-state index in [4.69, 9.17) is 38.8 Å². The van der Waals surface area contributed by atoms with Crippen LogP contribution in [-0.4, -0.2) is 81.1 Å². The Balaban J connectivity index is -0.0000000531. The van der Waals surface area contributed by atoms with Gasteiger partial charge in [0.2, 0.25) is 0 Å². The molecule has 4 atom stereocenters. The van der Waals surface area contributed by atoms with Gasteiger partial charge in [-0.25, -0.2) is 0 Å². The molecule has 13 heteroatoms. The van der Waals surface area contributed by atoms with Crippen molar-refractivity contribution in [2.24, 2.45) is 11.7 Å². The van der Waals surface area contributed by atoms with Crippen molar-refractivity contribution in [2.75, 3.05) is 27.9 Å². The summed E-state index contributed by atoms with van der Waals surface area (Å²) in [6.07, 6.45) is 8.74. The SMILES string of the molecule is C.C.C.C.C.C.CCC[Si](C)(CCCC(C)C(=O)O)OC.CCC[Si](C)(CCCCC(=O)O)OC.CCC[Si](C)(CCCN)OC.O=C=O. The molecule has 0 saturated heterocycles. The summed E-state index contributed by atoms with van der Waals surface area (Å²) in [5.74, 6) is -1.60. The van der Waals surface area contributed by atoms with Gasteiger partial charge < -0.3 is 29.2 Å². The van der Waals surface area contributed by atoms with Crippen LogP contribution in [0.4, 0.5) is 0 Å². The van der Waals surface area contributed by atoms with Crippen molar-refractivity contribution in [3.8, 4) is 0 Å². The van der Waals surface area contributed by atoms with E-state index >= 15 is 0 Å². The highest BCUT2D eigenvalue weighted by atomic mass is 28.4. The van der Waals surface area contributed by atoms with Gasteiger partial charge in [0.25, 0.3) is 0 Å². The first-order valence-corrected chi connectivity index (χ1v) is 24.3. The normalized spacial score (nSPS) is 13.4. The molecule has 0 bridgehead atoms. The van der Waals surface area contributed by atoms with E-state index in [9.17, 15) is 9.59 Å². The average molecular weight is 766 g/mol. The van der Waals surface area contributed by atoms with Gasteiger partial charge >= 0.3 is 18.1 Å². The largest absolute Gasteiger partial charge is 0.481 e. The van der Waals surface area contributed by atoms with E-state index in [1.165, 1.54) is 30.6 Å². The van der Waals surface area contributed by atoms with Crippen LogP contribution in [0.25, 0.3) is 0 Å². The molecule has 0 rings (SSSR count). The van der Waals surface area contributed by atoms with Crippen molar-refractivity contribution in [2.45, 2.75) is 186 Å². The van der Waals surface area contributed by atoms with Gasteiger partial charge in [0, 0.05) is 27.8 Å². The molecule has 0 aliphatic rings. The second-order valence-electron chi connectivity index (χ2n) is 11.9. The predicted octanol–water partition coefficient (Wildman–Crippen LogP) is 11.2. The smallest absolute Gasteiger partial charge is 0.373 e. The van der Waals surface area contributed by atoms with E-state index in [1.807, 2.05) is 7.11 Å². The van der Waals surface area contributed by atoms with Gasteiger partial charge in [0.05, 0.1) is 5.92 Å². The molecule has 0 aliphatic carbocycles. The summed E-state index contributed by atoms with van der Waals surface area (Å²) in [7, 11) is 1.10. The van der Waals surface area contributed by atoms with Crippen molar-refractivity contribution >= 4 is 43.0 Å². The van der Waals surface area contributed by atoms with Crippen molar-refractivity contribution in [1.29, 1.82) is 0 Å². The molecule has 0 radical (unpaired) electrons. The molecule has 0 aliphatic heterocycles. The number of carbonyl (C=O) groups is 2. The van der Waals surface area contributed by atoms with Crippen LogP contribution >= 0.6 is 0 Å². The van der Waals surface area contributed by atoms with Gasteiger partial charge in [-0.15, -0.1) is 0 Å². The minimum Gasteiger partial charge on any atom is -0.481 e. The number of carbonyl (C=O) groups excluding carboxylic acids is 2. The third-order valence-corrected chi connectivity index (χ3v) is 19.7. The number of nitrogens with two attached hydrogens (primary N) is 1. The van der Waals surface area contributed by atoms with Gasteiger partial charge in [-0.2, -0.15) is 9.59 Å². The van der Waals surface area contributed by atoms with Gasteiger partial charge in [-0.1, -0.05) is 104 Å². The van der Waals surface area contributed by atoms with E-state index in [-0.39, 0.29) is 56.6 Å². The number of aliphatic carboxylic acids is 2. The first-order valence-electron chi connectivity index (χ1n) is 15.9. The number of hydrogen-bond acceptors (Lipinski definition) is 8. The van der Waals surface area contributed by atoms with Crippen LogP contribution in [0.5, 0.6) is 0 Å². The molecule has 4 unspecified atom stereocenters. The van der Waals surface area contributed by atoms with E-state index in [0.717, 1.165) is 63.6 Å². The molecule has 0 aromatic heterocycles. The molecule has 0 aromatic rings. The highest BCUT2D eigenvalue weighted by molar-refractivity contribution is 6.73. The molecule has 0 aromatic carbocycles. The fraction of sp³-hybridized carbons (Fsp3) is 0.917. The third kappa shape index (κ3) is 49.0. The van der Waals surface area contributed by atoms with Gasteiger partial charge in [0.1, 0.15) is 0 Å². The zero-order chi connectivity index (χ0) is 34.4. The molecule has 0 saturated carbocycles. The standard InChI is InChI=1S/C11H24O3Si.C10H22O3Si.C8H21NOSi.CO2.6CH4/c1-5-8-15(4,14-3)9-6-7-10(2)11(12)13;1-4-8-14(3,13-2)9-6-5-7-10(11)12;1-4-7-11(3,10-2)8-5-6-9;2-1-3;;;;;;/h10H,5-9H2,1-4H3,(H,12,13);4-9H2,1-3H3,(H,11,12);4-9H2,1-3H3;;6*1H4. The maximum Gasteiger partial charge on any atom is 0.373 e. The fourth-order valence-electron chi connectivity index (χ4n) is 4.73.